The van der Waals surface area contributed by atoms with Crippen molar-refractivity contribution in [1.29, 1.82) is 0 Å². The van der Waals surface area contributed by atoms with E-state index in [1.54, 1.807) is 36.4 Å². The molecular formula is C33H38ClN3O6S. The molecule has 2 aliphatic rings. The minimum absolute atomic E-state index is 0.0304. The van der Waals surface area contributed by atoms with Gasteiger partial charge in [0.05, 0.1) is 11.9 Å². The number of ether oxygens (including phenoxy) is 2. The molecule has 1 saturated carbocycles. The molecule has 0 spiro atoms. The zero-order valence-electron chi connectivity index (χ0n) is 24.8. The molecule has 11 heteroatoms. The summed E-state index contributed by atoms with van der Waals surface area (Å²) in [5.41, 5.74) is 1.87. The van der Waals surface area contributed by atoms with Crippen molar-refractivity contribution in [3.05, 3.63) is 88.9 Å². The molecule has 0 unspecified atom stereocenters. The first-order valence-electron chi connectivity index (χ1n) is 14.9. The van der Waals surface area contributed by atoms with E-state index in [0.717, 1.165) is 53.8 Å². The van der Waals surface area contributed by atoms with Crippen LogP contribution in [0.1, 0.15) is 43.2 Å². The SMILES string of the molecule is CS(=O)(=O)N(CC(=O)N(Cc1cccc(Cl)c1)[C@@H](Cc1ccccc1)C(=O)NC1CCCCC1)c1ccc2c(c1)OCCO2. The summed E-state index contributed by atoms with van der Waals surface area (Å²) in [4.78, 5) is 29.8. The Morgan fingerprint density at radius 1 is 0.909 bits per heavy atom. The van der Waals surface area contributed by atoms with E-state index >= 15 is 0 Å². The molecule has 1 aliphatic heterocycles. The van der Waals surface area contributed by atoms with Crippen molar-refractivity contribution in [2.75, 3.05) is 30.3 Å². The Labute approximate surface area is 264 Å². The molecule has 234 valence electrons. The molecule has 3 aromatic carbocycles. The Bertz CT molecular complexity index is 1560. The van der Waals surface area contributed by atoms with E-state index in [2.05, 4.69) is 5.32 Å². The van der Waals surface area contributed by atoms with Gasteiger partial charge in [-0.2, -0.15) is 0 Å². The van der Waals surface area contributed by atoms with Gasteiger partial charge in [-0.1, -0.05) is 73.3 Å². The first-order valence-corrected chi connectivity index (χ1v) is 17.2. The smallest absolute Gasteiger partial charge is 0.244 e. The van der Waals surface area contributed by atoms with Crippen LogP contribution in [0.15, 0.2) is 72.8 Å². The number of fused-ring (bicyclic) bond motifs is 1. The normalized spacial score (nSPS) is 15.7. The van der Waals surface area contributed by atoms with Gasteiger partial charge in [-0.05, 0) is 48.2 Å². The Kier molecular flexibility index (Phi) is 10.3. The molecule has 2 amide bonds. The van der Waals surface area contributed by atoms with Crippen LogP contribution in [0.4, 0.5) is 5.69 Å². The van der Waals surface area contributed by atoms with Crippen LogP contribution >= 0.6 is 11.6 Å². The van der Waals surface area contributed by atoms with Gasteiger partial charge in [0.25, 0.3) is 0 Å². The average Bonchev–Trinajstić information content (AvgIpc) is 3.01. The van der Waals surface area contributed by atoms with E-state index in [9.17, 15) is 18.0 Å². The summed E-state index contributed by atoms with van der Waals surface area (Å²) in [5.74, 6) is 0.121. The molecular weight excluding hydrogens is 602 g/mol. The maximum Gasteiger partial charge on any atom is 0.244 e. The van der Waals surface area contributed by atoms with Crippen molar-refractivity contribution < 1.29 is 27.5 Å². The number of nitrogens with zero attached hydrogens (tertiary/aromatic N) is 2. The lowest BCUT2D eigenvalue weighted by molar-refractivity contribution is -0.140. The van der Waals surface area contributed by atoms with Crippen LogP contribution in [0.5, 0.6) is 11.5 Å². The number of benzene rings is 3. The standard InChI is InChI=1S/C33H38ClN3O6S/c1-44(40,41)37(28-15-16-30-31(21-28)43-18-17-42-30)23-32(38)36(22-25-11-8-12-26(34)19-25)29(20-24-9-4-2-5-10-24)33(39)35-27-13-6-3-7-14-27/h2,4-5,8-12,15-16,19,21,27,29H,3,6-7,13-14,17-18,20,22-23H2,1H3,(H,35,39)/t29-/m0/s1. The number of carbonyl (C=O) groups excluding carboxylic acids is 2. The minimum atomic E-state index is -3.91. The quantitative estimate of drug-likeness (QED) is 0.318. The third-order valence-corrected chi connectivity index (χ3v) is 9.33. The maximum atomic E-state index is 14.3. The zero-order chi connectivity index (χ0) is 31.1. The number of sulfonamides is 1. The highest BCUT2D eigenvalue weighted by molar-refractivity contribution is 7.92. The third-order valence-electron chi connectivity index (χ3n) is 7.96. The third kappa shape index (κ3) is 8.24. The molecule has 1 aliphatic carbocycles. The minimum Gasteiger partial charge on any atom is -0.486 e. The van der Waals surface area contributed by atoms with Gasteiger partial charge in [-0.15, -0.1) is 0 Å². The van der Waals surface area contributed by atoms with Crippen LogP contribution in [0.3, 0.4) is 0 Å². The summed E-state index contributed by atoms with van der Waals surface area (Å²) >= 11 is 6.30. The molecule has 0 bridgehead atoms. The van der Waals surface area contributed by atoms with Gasteiger partial charge in [0.2, 0.25) is 21.8 Å². The molecule has 3 aromatic rings. The van der Waals surface area contributed by atoms with Gasteiger partial charge in [0, 0.05) is 30.1 Å². The van der Waals surface area contributed by atoms with Crippen molar-refractivity contribution >= 4 is 39.1 Å². The Hall–Kier alpha value is -3.76. The van der Waals surface area contributed by atoms with Crippen molar-refractivity contribution in [2.45, 2.75) is 57.2 Å². The zero-order valence-corrected chi connectivity index (χ0v) is 26.4. The summed E-state index contributed by atoms with van der Waals surface area (Å²) in [6.45, 7) is 0.276. The predicted molar refractivity (Wildman–Crippen MR) is 171 cm³/mol. The topological polar surface area (TPSA) is 105 Å². The number of carbonyl (C=O) groups is 2. The van der Waals surface area contributed by atoms with Crippen molar-refractivity contribution in [3.8, 4) is 11.5 Å². The highest BCUT2D eigenvalue weighted by Gasteiger charge is 2.34. The average molecular weight is 640 g/mol. The van der Waals surface area contributed by atoms with Crippen LogP contribution in [-0.2, 0) is 32.6 Å². The van der Waals surface area contributed by atoms with E-state index in [0.29, 0.717) is 29.7 Å². The first-order chi connectivity index (χ1) is 21.2. The van der Waals surface area contributed by atoms with E-state index in [-0.39, 0.29) is 30.6 Å². The lowest BCUT2D eigenvalue weighted by atomic mass is 9.94. The Morgan fingerprint density at radius 3 is 2.32 bits per heavy atom. The first kappa shape index (κ1) is 31.7. The number of nitrogens with one attached hydrogen (secondary N) is 1. The second kappa shape index (κ2) is 14.3. The molecule has 1 atom stereocenters. The van der Waals surface area contributed by atoms with Crippen molar-refractivity contribution in [1.82, 2.24) is 10.2 Å². The monoisotopic (exact) mass is 639 g/mol. The van der Waals surface area contributed by atoms with Gasteiger partial charge in [-0.3, -0.25) is 13.9 Å². The second-order valence-corrected chi connectivity index (χ2v) is 13.6. The van der Waals surface area contributed by atoms with E-state index in [1.807, 2.05) is 36.4 Å². The van der Waals surface area contributed by atoms with Crippen molar-refractivity contribution in [3.63, 3.8) is 0 Å². The van der Waals surface area contributed by atoms with Gasteiger partial charge in [0.15, 0.2) is 11.5 Å². The predicted octanol–water partition coefficient (Wildman–Crippen LogP) is 4.97. The number of hydrogen-bond donors (Lipinski definition) is 1. The van der Waals surface area contributed by atoms with E-state index in [4.69, 9.17) is 21.1 Å². The summed E-state index contributed by atoms with van der Waals surface area (Å²) in [7, 11) is -3.91. The van der Waals surface area contributed by atoms with Crippen LogP contribution in [0, 0.1) is 0 Å². The van der Waals surface area contributed by atoms with Crippen LogP contribution in [0.2, 0.25) is 5.02 Å². The number of halogens is 1. The van der Waals surface area contributed by atoms with Crippen molar-refractivity contribution in [2.24, 2.45) is 0 Å². The maximum absolute atomic E-state index is 14.3. The van der Waals surface area contributed by atoms with Gasteiger partial charge >= 0.3 is 0 Å². The highest BCUT2D eigenvalue weighted by Crippen LogP contribution is 2.35. The molecule has 9 nitrogen and oxygen atoms in total. The summed E-state index contributed by atoms with van der Waals surface area (Å²) in [6, 6.07) is 20.5. The summed E-state index contributed by atoms with van der Waals surface area (Å²) < 4.78 is 38.5. The molecule has 0 saturated heterocycles. The molecule has 44 heavy (non-hydrogen) atoms. The van der Waals surface area contributed by atoms with E-state index in [1.165, 1.54) is 4.90 Å². The number of hydrogen-bond acceptors (Lipinski definition) is 6. The van der Waals surface area contributed by atoms with Crippen LogP contribution in [-0.4, -0.2) is 63.2 Å². The summed E-state index contributed by atoms with van der Waals surface area (Å²) in [5, 5.41) is 3.70. The van der Waals surface area contributed by atoms with Gasteiger partial charge in [0.1, 0.15) is 25.8 Å². The summed E-state index contributed by atoms with van der Waals surface area (Å²) in [6.07, 6.45) is 6.30. The number of rotatable bonds is 11. The van der Waals surface area contributed by atoms with Crippen LogP contribution in [0.25, 0.3) is 0 Å². The molecule has 1 fully saturated rings. The second-order valence-electron chi connectivity index (χ2n) is 11.3. The van der Waals surface area contributed by atoms with Gasteiger partial charge in [-0.25, -0.2) is 8.42 Å². The fraction of sp³-hybridized carbons (Fsp3) is 0.394. The molecule has 0 radical (unpaired) electrons. The van der Waals surface area contributed by atoms with Crippen LogP contribution < -0.4 is 19.1 Å². The highest BCUT2D eigenvalue weighted by atomic mass is 35.5. The molecule has 1 N–H and O–H groups in total. The number of anilines is 1. The molecule has 5 rings (SSSR count). The fourth-order valence-corrected chi connectivity index (χ4v) is 6.79. The van der Waals surface area contributed by atoms with Gasteiger partial charge < -0.3 is 19.7 Å². The lowest BCUT2D eigenvalue weighted by Gasteiger charge is -2.35. The lowest BCUT2D eigenvalue weighted by Crippen LogP contribution is -2.55. The Balaban J connectivity index is 1.50. The fourth-order valence-electron chi connectivity index (χ4n) is 5.73. The largest absolute Gasteiger partial charge is 0.486 e. The van der Waals surface area contributed by atoms with E-state index < -0.39 is 28.5 Å². The molecule has 0 aromatic heterocycles. The Morgan fingerprint density at radius 2 is 1.61 bits per heavy atom. The molecule has 1 heterocycles. The number of amides is 2.